The summed E-state index contributed by atoms with van der Waals surface area (Å²) >= 11 is 0. The summed E-state index contributed by atoms with van der Waals surface area (Å²) in [6.07, 6.45) is 3.81. The Bertz CT molecular complexity index is 425. The van der Waals surface area contributed by atoms with Crippen LogP contribution in [-0.4, -0.2) is 43.7 Å². The first kappa shape index (κ1) is 13.9. The topological polar surface area (TPSA) is 32.5 Å². The van der Waals surface area contributed by atoms with Crippen LogP contribution in [0.1, 0.15) is 26.2 Å². The molecule has 1 aromatic rings. The fourth-order valence-electron chi connectivity index (χ4n) is 3.77. The van der Waals surface area contributed by atoms with Crippen molar-refractivity contribution in [3.05, 3.63) is 30.3 Å². The number of hydrogen-bond donors (Lipinski definition) is 1. The third-order valence-electron chi connectivity index (χ3n) is 5.24. The van der Waals surface area contributed by atoms with E-state index in [1.54, 1.807) is 0 Å². The first-order valence-electron chi connectivity index (χ1n) is 7.95. The Kier molecular flexibility index (Phi) is 3.99. The van der Waals surface area contributed by atoms with E-state index in [1.807, 2.05) is 0 Å². The van der Waals surface area contributed by atoms with Gasteiger partial charge in [0.1, 0.15) is 0 Å². The molecule has 110 valence electrons. The lowest BCUT2D eigenvalue weighted by Crippen LogP contribution is -2.52. The summed E-state index contributed by atoms with van der Waals surface area (Å²) in [5.41, 5.74) is 8.01. The molecule has 0 bridgehead atoms. The van der Waals surface area contributed by atoms with E-state index in [4.69, 9.17) is 5.73 Å². The summed E-state index contributed by atoms with van der Waals surface area (Å²) in [4.78, 5) is 5.11. The van der Waals surface area contributed by atoms with E-state index in [-0.39, 0.29) is 0 Å². The van der Waals surface area contributed by atoms with E-state index in [2.05, 4.69) is 47.1 Å². The van der Waals surface area contributed by atoms with Gasteiger partial charge in [0.25, 0.3) is 0 Å². The van der Waals surface area contributed by atoms with Crippen molar-refractivity contribution in [1.29, 1.82) is 0 Å². The van der Waals surface area contributed by atoms with Crippen molar-refractivity contribution in [2.24, 2.45) is 11.1 Å². The monoisotopic (exact) mass is 273 g/mol. The Morgan fingerprint density at radius 3 is 2.45 bits per heavy atom. The Balaban J connectivity index is 1.54. The van der Waals surface area contributed by atoms with Gasteiger partial charge in [-0.05, 0) is 30.4 Å². The molecule has 2 N–H and O–H groups in total. The average molecular weight is 273 g/mol. The van der Waals surface area contributed by atoms with Crippen molar-refractivity contribution >= 4 is 5.69 Å². The minimum atomic E-state index is 0.342. The zero-order valence-electron chi connectivity index (χ0n) is 12.6. The minimum Gasteiger partial charge on any atom is -0.369 e. The second kappa shape index (κ2) is 5.74. The van der Waals surface area contributed by atoms with Crippen molar-refractivity contribution in [1.82, 2.24) is 4.90 Å². The number of rotatable bonds is 3. The van der Waals surface area contributed by atoms with Crippen LogP contribution in [0.3, 0.4) is 0 Å². The van der Waals surface area contributed by atoms with Crippen LogP contribution in [0.5, 0.6) is 0 Å². The predicted octanol–water partition coefficient (Wildman–Crippen LogP) is 2.33. The highest BCUT2D eigenvalue weighted by molar-refractivity contribution is 5.46. The van der Waals surface area contributed by atoms with E-state index in [0.29, 0.717) is 11.5 Å². The molecule has 3 rings (SSSR count). The number of benzene rings is 1. The van der Waals surface area contributed by atoms with Crippen LogP contribution < -0.4 is 10.6 Å². The van der Waals surface area contributed by atoms with Crippen molar-refractivity contribution in [2.75, 3.05) is 37.6 Å². The van der Waals surface area contributed by atoms with Gasteiger partial charge in [0.2, 0.25) is 0 Å². The molecule has 2 atom stereocenters. The van der Waals surface area contributed by atoms with Crippen LogP contribution >= 0.6 is 0 Å². The highest BCUT2D eigenvalue weighted by atomic mass is 15.3. The van der Waals surface area contributed by atoms with E-state index in [0.717, 1.165) is 26.2 Å². The fraction of sp³-hybridized carbons (Fsp3) is 0.647. The largest absolute Gasteiger partial charge is 0.369 e. The Morgan fingerprint density at radius 2 is 1.85 bits per heavy atom. The highest BCUT2D eigenvalue weighted by Crippen LogP contribution is 2.37. The van der Waals surface area contributed by atoms with Crippen molar-refractivity contribution in [3.63, 3.8) is 0 Å². The Labute approximate surface area is 122 Å². The highest BCUT2D eigenvalue weighted by Gasteiger charge is 2.38. The lowest BCUT2D eigenvalue weighted by atomic mass is 9.84. The Hall–Kier alpha value is -1.06. The molecule has 0 aromatic heterocycles. The molecule has 0 radical (unpaired) electrons. The van der Waals surface area contributed by atoms with Crippen LogP contribution in [0.25, 0.3) is 0 Å². The molecule has 3 heteroatoms. The molecule has 0 amide bonds. The molecule has 3 nitrogen and oxygen atoms in total. The third-order valence-corrected chi connectivity index (χ3v) is 5.24. The molecule has 1 aliphatic carbocycles. The summed E-state index contributed by atoms with van der Waals surface area (Å²) in [7, 11) is 0. The summed E-state index contributed by atoms with van der Waals surface area (Å²) in [6, 6.07) is 11.2. The van der Waals surface area contributed by atoms with Crippen molar-refractivity contribution in [3.8, 4) is 0 Å². The number of nitrogens with zero attached hydrogens (tertiary/aromatic N) is 2. The number of piperazine rings is 1. The SMILES string of the molecule is CC1(CN2CCN(c3ccccc3)CC2)CCCC1N. The van der Waals surface area contributed by atoms with Gasteiger partial charge in [-0.25, -0.2) is 0 Å². The molecule has 2 aliphatic rings. The second-order valence-electron chi connectivity index (χ2n) is 6.75. The Morgan fingerprint density at radius 1 is 1.15 bits per heavy atom. The van der Waals surface area contributed by atoms with Gasteiger partial charge in [-0.15, -0.1) is 0 Å². The first-order chi connectivity index (χ1) is 9.67. The van der Waals surface area contributed by atoms with E-state index in [1.165, 1.54) is 31.5 Å². The van der Waals surface area contributed by atoms with Gasteiger partial charge in [0.05, 0.1) is 0 Å². The minimum absolute atomic E-state index is 0.342. The summed E-state index contributed by atoms with van der Waals surface area (Å²) in [5.74, 6) is 0. The molecule has 1 saturated carbocycles. The lowest BCUT2D eigenvalue weighted by Gasteiger charge is -2.41. The summed E-state index contributed by atoms with van der Waals surface area (Å²) in [5, 5.41) is 0. The number of anilines is 1. The van der Waals surface area contributed by atoms with Crippen LogP contribution in [0.15, 0.2) is 30.3 Å². The number of nitrogens with two attached hydrogens (primary N) is 1. The first-order valence-corrected chi connectivity index (χ1v) is 7.95. The van der Waals surface area contributed by atoms with E-state index in [9.17, 15) is 0 Å². The van der Waals surface area contributed by atoms with Crippen LogP contribution in [0.2, 0.25) is 0 Å². The molecule has 20 heavy (non-hydrogen) atoms. The molecule has 1 aromatic carbocycles. The zero-order chi connectivity index (χ0) is 14.0. The van der Waals surface area contributed by atoms with E-state index < -0.39 is 0 Å². The second-order valence-corrected chi connectivity index (χ2v) is 6.75. The molecular weight excluding hydrogens is 246 g/mol. The van der Waals surface area contributed by atoms with Gasteiger partial charge in [-0.1, -0.05) is 31.5 Å². The molecule has 0 spiro atoms. The van der Waals surface area contributed by atoms with Crippen LogP contribution in [0.4, 0.5) is 5.69 Å². The molecule has 2 unspecified atom stereocenters. The van der Waals surface area contributed by atoms with Gasteiger partial charge in [-0.3, -0.25) is 4.90 Å². The quantitative estimate of drug-likeness (QED) is 0.917. The molecule has 2 fully saturated rings. The number of hydrogen-bond acceptors (Lipinski definition) is 3. The molecule has 1 heterocycles. The maximum atomic E-state index is 6.31. The van der Waals surface area contributed by atoms with Crippen molar-refractivity contribution < 1.29 is 0 Å². The maximum absolute atomic E-state index is 6.31. The van der Waals surface area contributed by atoms with Gasteiger partial charge in [-0.2, -0.15) is 0 Å². The number of para-hydroxylation sites is 1. The third kappa shape index (κ3) is 2.84. The van der Waals surface area contributed by atoms with Gasteiger partial charge < -0.3 is 10.6 Å². The molecule has 1 aliphatic heterocycles. The smallest absolute Gasteiger partial charge is 0.0367 e. The van der Waals surface area contributed by atoms with E-state index >= 15 is 0 Å². The maximum Gasteiger partial charge on any atom is 0.0367 e. The lowest BCUT2D eigenvalue weighted by molar-refractivity contribution is 0.146. The van der Waals surface area contributed by atoms with Gasteiger partial charge >= 0.3 is 0 Å². The van der Waals surface area contributed by atoms with Crippen LogP contribution in [-0.2, 0) is 0 Å². The fourth-order valence-corrected chi connectivity index (χ4v) is 3.77. The molecule has 1 saturated heterocycles. The van der Waals surface area contributed by atoms with Crippen molar-refractivity contribution in [2.45, 2.75) is 32.2 Å². The van der Waals surface area contributed by atoms with Gasteiger partial charge in [0.15, 0.2) is 0 Å². The summed E-state index contributed by atoms with van der Waals surface area (Å²) in [6.45, 7) is 8.16. The average Bonchev–Trinajstić information content (AvgIpc) is 2.80. The van der Waals surface area contributed by atoms with Gasteiger partial charge in [0, 0.05) is 44.5 Å². The van der Waals surface area contributed by atoms with Crippen LogP contribution in [0, 0.1) is 5.41 Å². The zero-order valence-corrected chi connectivity index (χ0v) is 12.6. The predicted molar refractivity (Wildman–Crippen MR) is 85.0 cm³/mol. The normalized spacial score (nSPS) is 31.7. The standard InChI is InChI=1S/C17H27N3/c1-17(9-5-8-16(17)18)14-19-10-12-20(13-11-19)15-6-3-2-4-7-15/h2-4,6-7,16H,5,8-14,18H2,1H3. The summed E-state index contributed by atoms with van der Waals surface area (Å²) < 4.78 is 0. The molecular formula is C17H27N3.